The molecule has 0 aromatic heterocycles. The zero-order valence-corrected chi connectivity index (χ0v) is 10.1. The van der Waals surface area contributed by atoms with Crippen LogP contribution >= 0.6 is 35.8 Å². The Morgan fingerprint density at radius 3 is 2.86 bits per heavy atom. The Balaban J connectivity index is 0.00000169. The first-order valence-corrected chi connectivity index (χ1v) is 5.31. The van der Waals surface area contributed by atoms with E-state index in [1.165, 1.54) is 11.8 Å². The SMILES string of the molecule is CCSC(N)=Nc1cccc(Cl)c1.Cl. The van der Waals surface area contributed by atoms with Crippen molar-refractivity contribution in [1.82, 2.24) is 0 Å². The molecule has 0 radical (unpaired) electrons. The van der Waals surface area contributed by atoms with Gasteiger partial charge < -0.3 is 5.73 Å². The molecule has 0 bridgehead atoms. The van der Waals surface area contributed by atoms with Gasteiger partial charge in [0.25, 0.3) is 0 Å². The topological polar surface area (TPSA) is 38.4 Å². The summed E-state index contributed by atoms with van der Waals surface area (Å²) in [5.74, 6) is 0.926. The van der Waals surface area contributed by atoms with Gasteiger partial charge in [-0.1, -0.05) is 36.4 Å². The fourth-order valence-electron chi connectivity index (χ4n) is 0.853. The van der Waals surface area contributed by atoms with Gasteiger partial charge in [0.05, 0.1) is 5.69 Å². The van der Waals surface area contributed by atoms with Crippen molar-refractivity contribution in [1.29, 1.82) is 0 Å². The summed E-state index contributed by atoms with van der Waals surface area (Å²) in [5, 5.41) is 1.25. The molecule has 0 aliphatic rings. The summed E-state index contributed by atoms with van der Waals surface area (Å²) in [6.45, 7) is 2.03. The molecule has 1 aromatic carbocycles. The lowest BCUT2D eigenvalue weighted by Crippen LogP contribution is -2.05. The Labute approximate surface area is 99.3 Å². The number of halogens is 2. The van der Waals surface area contributed by atoms with Gasteiger partial charge in [0.1, 0.15) is 0 Å². The molecule has 0 amide bonds. The van der Waals surface area contributed by atoms with Gasteiger partial charge in [-0.3, -0.25) is 0 Å². The smallest absolute Gasteiger partial charge is 0.159 e. The molecule has 0 aliphatic carbocycles. The second-order valence-electron chi connectivity index (χ2n) is 2.36. The first-order chi connectivity index (χ1) is 6.22. The van der Waals surface area contributed by atoms with E-state index in [0.29, 0.717) is 10.2 Å². The van der Waals surface area contributed by atoms with E-state index in [9.17, 15) is 0 Å². The van der Waals surface area contributed by atoms with E-state index in [1.54, 1.807) is 6.07 Å². The van der Waals surface area contributed by atoms with Crippen molar-refractivity contribution in [2.45, 2.75) is 6.92 Å². The van der Waals surface area contributed by atoms with Crippen LogP contribution in [0, 0.1) is 0 Å². The first-order valence-electron chi connectivity index (χ1n) is 3.95. The minimum Gasteiger partial charge on any atom is -0.378 e. The summed E-state index contributed by atoms with van der Waals surface area (Å²) in [6.07, 6.45) is 0. The standard InChI is InChI=1S/C9H11ClN2S.ClH/c1-2-13-9(11)12-8-5-3-4-7(10)6-8;/h3-6H,2H2,1H3,(H2,11,12);1H. The van der Waals surface area contributed by atoms with Gasteiger partial charge in [-0.05, 0) is 24.0 Å². The van der Waals surface area contributed by atoms with Crippen molar-refractivity contribution in [3.63, 3.8) is 0 Å². The van der Waals surface area contributed by atoms with Crippen molar-refractivity contribution >= 4 is 46.6 Å². The van der Waals surface area contributed by atoms with Crippen molar-refractivity contribution in [2.24, 2.45) is 10.7 Å². The van der Waals surface area contributed by atoms with E-state index in [1.807, 2.05) is 25.1 Å². The molecule has 2 nitrogen and oxygen atoms in total. The maximum absolute atomic E-state index is 5.79. The molecule has 0 fully saturated rings. The molecular formula is C9H12Cl2N2S. The molecule has 0 spiro atoms. The van der Waals surface area contributed by atoms with Crippen LogP contribution < -0.4 is 5.73 Å². The average Bonchev–Trinajstić information content (AvgIpc) is 2.04. The fourth-order valence-corrected chi connectivity index (χ4v) is 1.50. The number of nitrogens with zero attached hydrogens (tertiary/aromatic N) is 1. The maximum Gasteiger partial charge on any atom is 0.159 e. The highest BCUT2D eigenvalue weighted by Crippen LogP contribution is 2.18. The maximum atomic E-state index is 5.79. The Kier molecular flexibility index (Phi) is 6.79. The third-order valence-electron chi connectivity index (χ3n) is 1.34. The minimum atomic E-state index is 0. The van der Waals surface area contributed by atoms with Gasteiger partial charge in [-0.15, -0.1) is 12.4 Å². The zero-order chi connectivity index (χ0) is 9.68. The molecule has 2 N–H and O–H groups in total. The van der Waals surface area contributed by atoms with E-state index >= 15 is 0 Å². The summed E-state index contributed by atoms with van der Waals surface area (Å²) in [6, 6.07) is 7.31. The molecule has 0 unspecified atom stereocenters. The molecular weight excluding hydrogens is 239 g/mol. The quantitative estimate of drug-likeness (QED) is 0.645. The van der Waals surface area contributed by atoms with Crippen LogP contribution in [0.15, 0.2) is 29.3 Å². The number of amidine groups is 1. The lowest BCUT2D eigenvalue weighted by atomic mass is 10.3. The number of nitrogens with two attached hydrogens (primary N) is 1. The molecule has 0 aliphatic heterocycles. The highest BCUT2D eigenvalue weighted by atomic mass is 35.5. The molecule has 1 aromatic rings. The molecule has 1 rings (SSSR count). The number of hydrogen-bond acceptors (Lipinski definition) is 2. The Morgan fingerprint density at radius 1 is 1.57 bits per heavy atom. The van der Waals surface area contributed by atoms with Crippen molar-refractivity contribution < 1.29 is 0 Å². The average molecular weight is 251 g/mol. The van der Waals surface area contributed by atoms with Crippen molar-refractivity contribution in [2.75, 3.05) is 5.75 Å². The van der Waals surface area contributed by atoms with Gasteiger partial charge >= 0.3 is 0 Å². The van der Waals surface area contributed by atoms with Crippen LogP contribution in [-0.2, 0) is 0 Å². The molecule has 0 atom stereocenters. The van der Waals surface area contributed by atoms with Gasteiger partial charge in [0.2, 0.25) is 0 Å². The number of benzene rings is 1. The number of rotatable bonds is 2. The second-order valence-corrected chi connectivity index (χ2v) is 4.08. The van der Waals surface area contributed by atoms with Crippen LogP contribution in [0.1, 0.15) is 6.92 Å². The van der Waals surface area contributed by atoms with Crippen LogP contribution in [0.3, 0.4) is 0 Å². The number of aliphatic imine (C=N–C) groups is 1. The van der Waals surface area contributed by atoms with Crippen molar-refractivity contribution in [3.05, 3.63) is 29.3 Å². The van der Waals surface area contributed by atoms with Crippen molar-refractivity contribution in [3.8, 4) is 0 Å². The molecule has 78 valence electrons. The monoisotopic (exact) mass is 250 g/mol. The van der Waals surface area contributed by atoms with E-state index in [2.05, 4.69) is 4.99 Å². The molecule has 0 saturated heterocycles. The predicted molar refractivity (Wildman–Crippen MR) is 68.1 cm³/mol. The van der Waals surface area contributed by atoms with Gasteiger partial charge in [-0.25, -0.2) is 4.99 Å². The normalized spacial score (nSPS) is 10.9. The highest BCUT2D eigenvalue weighted by molar-refractivity contribution is 8.13. The molecule has 0 saturated carbocycles. The molecule has 0 heterocycles. The van der Waals surface area contributed by atoms with E-state index < -0.39 is 0 Å². The van der Waals surface area contributed by atoms with Gasteiger partial charge in [0, 0.05) is 5.02 Å². The largest absolute Gasteiger partial charge is 0.378 e. The summed E-state index contributed by atoms with van der Waals surface area (Å²) in [7, 11) is 0. The summed E-state index contributed by atoms with van der Waals surface area (Å²) in [4.78, 5) is 4.18. The third-order valence-corrected chi connectivity index (χ3v) is 2.25. The molecule has 14 heavy (non-hydrogen) atoms. The first kappa shape index (κ1) is 13.6. The predicted octanol–water partition coefficient (Wildman–Crippen LogP) is 3.46. The minimum absolute atomic E-state index is 0. The lowest BCUT2D eigenvalue weighted by molar-refractivity contribution is 1.49. The van der Waals surface area contributed by atoms with E-state index in [4.69, 9.17) is 17.3 Å². The Hall–Kier alpha value is -0.380. The third kappa shape index (κ3) is 4.74. The fraction of sp³-hybridized carbons (Fsp3) is 0.222. The van der Waals surface area contributed by atoms with E-state index in [0.717, 1.165) is 11.4 Å². The van der Waals surface area contributed by atoms with Crippen LogP contribution in [0.25, 0.3) is 0 Å². The van der Waals surface area contributed by atoms with Crippen LogP contribution in [-0.4, -0.2) is 10.9 Å². The van der Waals surface area contributed by atoms with E-state index in [-0.39, 0.29) is 12.4 Å². The van der Waals surface area contributed by atoms with Gasteiger partial charge in [-0.2, -0.15) is 0 Å². The summed E-state index contributed by atoms with van der Waals surface area (Å²) >= 11 is 7.31. The van der Waals surface area contributed by atoms with Crippen LogP contribution in [0.2, 0.25) is 5.02 Å². The highest BCUT2D eigenvalue weighted by Gasteiger charge is 1.93. The lowest BCUT2D eigenvalue weighted by Gasteiger charge is -1.97. The second kappa shape index (κ2) is 6.98. The Bertz CT molecular complexity index is 315. The number of hydrogen-bond donors (Lipinski definition) is 1. The zero-order valence-electron chi connectivity index (χ0n) is 7.74. The Morgan fingerprint density at radius 2 is 2.29 bits per heavy atom. The summed E-state index contributed by atoms with van der Waals surface area (Å²) in [5.41, 5.74) is 6.43. The van der Waals surface area contributed by atoms with Gasteiger partial charge in [0.15, 0.2) is 5.17 Å². The van der Waals surface area contributed by atoms with Crippen LogP contribution in [0.4, 0.5) is 5.69 Å². The molecule has 5 heteroatoms. The van der Waals surface area contributed by atoms with Crippen LogP contribution in [0.5, 0.6) is 0 Å². The summed E-state index contributed by atoms with van der Waals surface area (Å²) < 4.78 is 0. The number of thioether (sulfide) groups is 1.